The summed E-state index contributed by atoms with van der Waals surface area (Å²) in [5.74, 6) is 1.77. The molecule has 0 atom stereocenters. The number of rotatable bonds is 7. The van der Waals surface area contributed by atoms with Gasteiger partial charge >= 0.3 is 0 Å². The number of para-hydroxylation sites is 1. The molecule has 0 aliphatic heterocycles. The summed E-state index contributed by atoms with van der Waals surface area (Å²) in [4.78, 5) is 15.4. The average molecular weight is 760 g/mol. The Morgan fingerprint density at radius 3 is 2.12 bits per heavy atom. The number of allylic oxidation sites excluding steroid dienone is 4. The van der Waals surface area contributed by atoms with Crippen LogP contribution in [0.25, 0.3) is 107 Å². The Morgan fingerprint density at radius 2 is 1.27 bits per heavy atom. The van der Waals surface area contributed by atoms with Crippen LogP contribution in [-0.2, 0) is 6.42 Å². The van der Waals surface area contributed by atoms with Crippen molar-refractivity contribution in [2.45, 2.75) is 19.8 Å². The van der Waals surface area contributed by atoms with Gasteiger partial charge in [0.25, 0.3) is 0 Å². The van der Waals surface area contributed by atoms with Gasteiger partial charge in [-0.2, -0.15) is 0 Å². The van der Waals surface area contributed by atoms with Crippen molar-refractivity contribution >= 4 is 61.6 Å². The normalized spacial score (nSPS) is 13.0. The van der Waals surface area contributed by atoms with E-state index in [9.17, 15) is 0 Å². The van der Waals surface area contributed by atoms with Crippen molar-refractivity contribution in [1.29, 1.82) is 0 Å². The van der Waals surface area contributed by atoms with Crippen LogP contribution in [0.3, 0.4) is 0 Å². The number of nitrogens with zero attached hydrogens (tertiary/aromatic N) is 3. The van der Waals surface area contributed by atoms with Crippen LogP contribution in [0, 0.1) is 0 Å². The van der Waals surface area contributed by atoms with Gasteiger partial charge in [-0.25, -0.2) is 15.0 Å². The van der Waals surface area contributed by atoms with Gasteiger partial charge in [-0.15, -0.1) is 0 Å². The largest absolute Gasteiger partial charge is 0.456 e. The molecule has 1 aliphatic carbocycles. The van der Waals surface area contributed by atoms with E-state index >= 15 is 0 Å². The Hall–Kier alpha value is -7.63. The van der Waals surface area contributed by atoms with Gasteiger partial charge in [0.15, 0.2) is 17.5 Å². The lowest BCUT2D eigenvalue weighted by Gasteiger charge is -2.14. The van der Waals surface area contributed by atoms with Crippen LogP contribution in [0.5, 0.6) is 0 Å². The zero-order chi connectivity index (χ0) is 39.3. The predicted octanol–water partition coefficient (Wildman–Crippen LogP) is 14.4. The molecule has 280 valence electrons. The Morgan fingerprint density at radius 1 is 0.559 bits per heavy atom. The highest BCUT2D eigenvalue weighted by atomic mass is 16.3. The second kappa shape index (κ2) is 14.4. The summed E-state index contributed by atoms with van der Waals surface area (Å²) in [6.45, 7) is 2.02. The van der Waals surface area contributed by atoms with Crippen molar-refractivity contribution in [3.8, 4) is 45.0 Å². The van der Waals surface area contributed by atoms with Gasteiger partial charge in [0.2, 0.25) is 0 Å². The van der Waals surface area contributed by atoms with Crippen LogP contribution in [-0.4, -0.2) is 15.0 Å². The Labute approximate surface area is 341 Å². The maximum atomic E-state index is 6.70. The summed E-state index contributed by atoms with van der Waals surface area (Å²) in [7, 11) is 0. The highest BCUT2D eigenvalue weighted by molar-refractivity contribution is 6.16. The molecule has 0 unspecified atom stereocenters. The summed E-state index contributed by atoms with van der Waals surface area (Å²) in [5.41, 5.74) is 14.2. The molecule has 3 aromatic heterocycles. The molecule has 0 amide bonds. The lowest BCUT2D eigenvalue weighted by atomic mass is 9.89. The lowest BCUT2D eigenvalue weighted by Crippen LogP contribution is -2.02. The molecular weight excluding hydrogens is 723 g/mol. The Kier molecular flexibility index (Phi) is 8.44. The first-order chi connectivity index (χ1) is 29.2. The second-order valence-corrected chi connectivity index (χ2v) is 15.0. The van der Waals surface area contributed by atoms with E-state index in [1.807, 2.05) is 55.5 Å². The van der Waals surface area contributed by atoms with E-state index in [1.165, 1.54) is 11.1 Å². The molecule has 0 fully saturated rings. The minimum absolute atomic E-state index is 0.579. The van der Waals surface area contributed by atoms with Crippen LogP contribution in [0.4, 0.5) is 0 Å². The second-order valence-electron chi connectivity index (χ2n) is 15.0. The number of hydrogen-bond donors (Lipinski definition) is 0. The highest BCUT2D eigenvalue weighted by Gasteiger charge is 2.22. The fourth-order valence-electron chi connectivity index (χ4n) is 8.47. The number of aryl methyl sites for hydroxylation is 1. The van der Waals surface area contributed by atoms with E-state index in [-0.39, 0.29) is 0 Å². The molecular formula is C54H37N3O2. The molecule has 10 aromatic rings. The van der Waals surface area contributed by atoms with E-state index in [2.05, 4.69) is 133 Å². The molecule has 0 saturated heterocycles. The SMILES string of the molecule is C/C=C(\C=C/c1ccccc1)c1nc(-c2ccc(-c3ccccc3)cc2)nc(-c2cccc3oc4cc(-c5cc6c(c7oc8ccccc8c57)CCC=C6)ccc4c23)n1. The summed E-state index contributed by atoms with van der Waals surface area (Å²) in [6.07, 6.45) is 12.7. The minimum atomic E-state index is 0.579. The summed E-state index contributed by atoms with van der Waals surface area (Å²) < 4.78 is 13.3. The van der Waals surface area contributed by atoms with Gasteiger partial charge in [0, 0.05) is 43.8 Å². The molecule has 0 N–H and O–H groups in total. The van der Waals surface area contributed by atoms with Gasteiger partial charge in [-0.1, -0.05) is 152 Å². The fraction of sp³-hybridized carbons (Fsp3) is 0.0556. The van der Waals surface area contributed by atoms with Crippen molar-refractivity contribution < 1.29 is 8.83 Å². The van der Waals surface area contributed by atoms with Gasteiger partial charge in [-0.05, 0) is 83.5 Å². The number of furan rings is 2. The first-order valence-corrected chi connectivity index (χ1v) is 20.1. The first-order valence-electron chi connectivity index (χ1n) is 20.1. The molecule has 7 aromatic carbocycles. The Bertz CT molecular complexity index is 3320. The van der Waals surface area contributed by atoms with Gasteiger partial charge < -0.3 is 8.83 Å². The van der Waals surface area contributed by atoms with Gasteiger partial charge in [0.05, 0.1) is 0 Å². The molecule has 0 saturated carbocycles. The standard InChI is InChI=1S/C54H37N3O2/c1-2-35(25-24-34-14-5-3-6-15-34)52-55-53(38-28-26-37(27-29-38)36-16-7-4-8-17-36)57-54(56-52)44-21-13-23-47-49(44)43-31-30-40(33-48(43)58-47)45-32-39-18-9-10-19-41(39)51-50(45)42-20-11-12-22-46(42)59-51/h2-9,11-18,20-33H,10,19H2,1H3/b25-24-,35-2+. The van der Waals surface area contributed by atoms with E-state index in [0.29, 0.717) is 17.5 Å². The zero-order valence-electron chi connectivity index (χ0n) is 32.4. The molecule has 5 heteroatoms. The van der Waals surface area contributed by atoms with Crippen molar-refractivity contribution in [2.75, 3.05) is 0 Å². The monoisotopic (exact) mass is 759 g/mol. The minimum Gasteiger partial charge on any atom is -0.456 e. The third kappa shape index (κ3) is 6.16. The smallest absolute Gasteiger partial charge is 0.164 e. The maximum Gasteiger partial charge on any atom is 0.164 e. The lowest BCUT2D eigenvalue weighted by molar-refractivity contribution is 0.661. The molecule has 59 heavy (non-hydrogen) atoms. The van der Waals surface area contributed by atoms with E-state index in [1.54, 1.807) is 0 Å². The third-order valence-electron chi connectivity index (χ3n) is 11.4. The summed E-state index contributed by atoms with van der Waals surface area (Å²) in [5, 5.41) is 4.23. The highest BCUT2D eigenvalue weighted by Crippen LogP contribution is 2.44. The molecule has 1 aliphatic rings. The van der Waals surface area contributed by atoms with E-state index in [4.69, 9.17) is 23.8 Å². The van der Waals surface area contributed by atoms with Crippen molar-refractivity contribution in [3.05, 3.63) is 192 Å². The molecule has 0 bridgehead atoms. The van der Waals surface area contributed by atoms with Crippen molar-refractivity contribution in [3.63, 3.8) is 0 Å². The molecule has 11 rings (SSSR count). The summed E-state index contributed by atoms with van der Waals surface area (Å²) >= 11 is 0. The average Bonchev–Trinajstić information content (AvgIpc) is 3.89. The van der Waals surface area contributed by atoms with Crippen molar-refractivity contribution in [2.24, 2.45) is 0 Å². The van der Waals surface area contributed by atoms with Crippen LogP contribution in [0.15, 0.2) is 179 Å². The number of benzene rings is 7. The summed E-state index contributed by atoms with van der Waals surface area (Å²) in [6, 6.07) is 52.4. The van der Waals surface area contributed by atoms with Gasteiger partial charge in [-0.3, -0.25) is 0 Å². The fourth-order valence-corrected chi connectivity index (χ4v) is 8.47. The topological polar surface area (TPSA) is 65.0 Å². The first kappa shape index (κ1) is 34.6. The third-order valence-corrected chi connectivity index (χ3v) is 11.4. The van der Waals surface area contributed by atoms with Crippen LogP contribution < -0.4 is 0 Å². The molecule has 3 heterocycles. The molecule has 5 nitrogen and oxygen atoms in total. The van der Waals surface area contributed by atoms with E-state index in [0.717, 1.165) is 101 Å². The van der Waals surface area contributed by atoms with Gasteiger partial charge in [0.1, 0.15) is 22.3 Å². The maximum absolute atomic E-state index is 6.70. The van der Waals surface area contributed by atoms with Crippen LogP contribution >= 0.6 is 0 Å². The van der Waals surface area contributed by atoms with Crippen LogP contribution in [0.1, 0.15) is 35.9 Å². The molecule has 0 spiro atoms. The number of hydrogen-bond acceptors (Lipinski definition) is 5. The predicted molar refractivity (Wildman–Crippen MR) is 243 cm³/mol. The molecule has 0 radical (unpaired) electrons. The Balaban J connectivity index is 1.07. The number of fused-ring (bicyclic) bond motifs is 8. The quantitative estimate of drug-likeness (QED) is 0.151. The number of aromatic nitrogens is 3. The van der Waals surface area contributed by atoms with Crippen molar-refractivity contribution in [1.82, 2.24) is 15.0 Å². The van der Waals surface area contributed by atoms with E-state index < -0.39 is 0 Å². The zero-order valence-corrected chi connectivity index (χ0v) is 32.4. The van der Waals surface area contributed by atoms with Crippen LogP contribution in [0.2, 0.25) is 0 Å².